The largest absolute Gasteiger partial charge is 0.321 e. The number of benzene rings is 3. The van der Waals surface area contributed by atoms with Gasteiger partial charge in [-0.05, 0) is 68.0 Å². The van der Waals surface area contributed by atoms with E-state index < -0.39 is 17.1 Å². The fourth-order valence-electron chi connectivity index (χ4n) is 3.33. The predicted molar refractivity (Wildman–Crippen MR) is 160 cm³/mol. The molecule has 0 saturated heterocycles. The number of hydrogen-bond acceptors (Lipinski definition) is 7. The summed E-state index contributed by atoms with van der Waals surface area (Å²) in [5, 5.41) is 17.0. The van der Waals surface area contributed by atoms with Crippen molar-refractivity contribution in [3.05, 3.63) is 105 Å². The molecule has 0 spiro atoms. The fourth-order valence-corrected chi connectivity index (χ4v) is 5.11. The van der Waals surface area contributed by atoms with Crippen LogP contribution in [0.2, 0.25) is 0 Å². The molecule has 3 amide bonds. The molecule has 0 aliphatic rings. The molecule has 1 atom stereocenters. The molecule has 198 valence electrons. The van der Waals surface area contributed by atoms with Crippen molar-refractivity contribution in [3.63, 3.8) is 0 Å². The van der Waals surface area contributed by atoms with Gasteiger partial charge in [-0.15, -0.1) is 22.0 Å². The molecule has 0 saturated carbocycles. The molecule has 1 aromatic heterocycles. The van der Waals surface area contributed by atoms with E-state index in [1.54, 1.807) is 55.5 Å². The van der Waals surface area contributed by atoms with Crippen LogP contribution < -0.4 is 16.0 Å². The Labute approximate surface area is 242 Å². The topological polar surface area (TPSA) is 113 Å². The van der Waals surface area contributed by atoms with Gasteiger partial charge in [0.25, 0.3) is 11.8 Å². The summed E-state index contributed by atoms with van der Waals surface area (Å²) in [6.07, 6.45) is 1.61. The predicted octanol–water partition coefficient (Wildman–Crippen LogP) is 6.14. The molecule has 0 aliphatic heterocycles. The van der Waals surface area contributed by atoms with E-state index in [0.29, 0.717) is 16.4 Å². The van der Waals surface area contributed by atoms with E-state index in [4.69, 9.17) is 0 Å². The summed E-state index contributed by atoms with van der Waals surface area (Å²) in [5.41, 5.74) is 1.78. The molecule has 3 aromatic carbocycles. The zero-order valence-corrected chi connectivity index (χ0v) is 24.2. The second-order valence-corrected chi connectivity index (χ2v) is 11.8. The quantitative estimate of drug-likeness (QED) is 0.153. The van der Waals surface area contributed by atoms with Crippen molar-refractivity contribution in [1.29, 1.82) is 0 Å². The molecular weight excluding hydrogens is 598 g/mol. The van der Waals surface area contributed by atoms with Gasteiger partial charge in [0.05, 0.1) is 5.25 Å². The third-order valence-electron chi connectivity index (χ3n) is 5.24. The number of nitrogens with zero attached hydrogens (tertiary/aromatic N) is 2. The fraction of sp³-hybridized carbons (Fsp3) is 0.107. The Morgan fingerprint density at radius 2 is 1.69 bits per heavy atom. The average molecular weight is 623 g/mol. The maximum absolute atomic E-state index is 13.3. The number of thioether (sulfide) groups is 1. The summed E-state index contributed by atoms with van der Waals surface area (Å²) in [4.78, 5) is 39.5. The molecule has 8 nitrogen and oxygen atoms in total. The lowest BCUT2D eigenvalue weighted by Gasteiger charge is -2.13. The number of carbonyl (C=O) groups is 3. The van der Waals surface area contributed by atoms with Gasteiger partial charge in [-0.1, -0.05) is 63.7 Å². The number of hydrogen-bond donors (Lipinski definition) is 3. The summed E-state index contributed by atoms with van der Waals surface area (Å²) >= 11 is 6.05. The minimum Gasteiger partial charge on any atom is -0.321 e. The summed E-state index contributed by atoms with van der Waals surface area (Å²) < 4.78 is 0.898. The smallest absolute Gasteiger partial charge is 0.272 e. The van der Waals surface area contributed by atoms with Crippen molar-refractivity contribution in [2.45, 2.75) is 24.0 Å². The lowest BCUT2D eigenvalue weighted by Crippen LogP contribution is -2.30. The number of rotatable bonds is 9. The number of carbonyl (C=O) groups excluding carboxylic acids is 3. The van der Waals surface area contributed by atoms with E-state index in [1.807, 2.05) is 43.3 Å². The highest BCUT2D eigenvalue weighted by molar-refractivity contribution is 9.10. The molecule has 0 aliphatic carbocycles. The molecule has 0 bridgehead atoms. The lowest BCUT2D eigenvalue weighted by molar-refractivity contribution is -0.115. The number of nitrogens with one attached hydrogen (secondary N) is 3. The summed E-state index contributed by atoms with van der Waals surface area (Å²) in [6.45, 7) is 3.61. The molecule has 1 heterocycles. The van der Waals surface area contributed by atoms with Crippen LogP contribution in [0.4, 0.5) is 10.8 Å². The third kappa shape index (κ3) is 8.34. The highest BCUT2D eigenvalue weighted by Gasteiger charge is 2.18. The van der Waals surface area contributed by atoms with Crippen LogP contribution in [0.5, 0.6) is 0 Å². The molecule has 1 unspecified atom stereocenters. The first-order chi connectivity index (χ1) is 18.8. The molecule has 4 aromatic rings. The van der Waals surface area contributed by atoms with Gasteiger partial charge in [0, 0.05) is 20.6 Å². The zero-order chi connectivity index (χ0) is 27.8. The first kappa shape index (κ1) is 28.2. The molecule has 0 radical (unpaired) electrons. The Morgan fingerprint density at radius 3 is 2.38 bits per heavy atom. The minimum atomic E-state index is -0.484. The van der Waals surface area contributed by atoms with Crippen molar-refractivity contribution in [1.82, 2.24) is 15.5 Å². The van der Waals surface area contributed by atoms with Crippen LogP contribution in [0.25, 0.3) is 6.08 Å². The number of anilines is 2. The highest BCUT2D eigenvalue weighted by atomic mass is 79.9. The maximum atomic E-state index is 13.3. The van der Waals surface area contributed by atoms with Crippen LogP contribution in [0.3, 0.4) is 0 Å². The van der Waals surface area contributed by atoms with Gasteiger partial charge < -0.3 is 10.6 Å². The van der Waals surface area contributed by atoms with Crippen LogP contribution in [0, 0.1) is 6.92 Å². The number of aryl methyl sites for hydroxylation is 1. The van der Waals surface area contributed by atoms with Crippen molar-refractivity contribution < 1.29 is 14.4 Å². The second-order valence-electron chi connectivity index (χ2n) is 8.29. The van der Waals surface area contributed by atoms with E-state index in [0.717, 1.165) is 19.9 Å². The van der Waals surface area contributed by atoms with Gasteiger partial charge in [-0.3, -0.25) is 19.7 Å². The molecular formula is C28H24BrN5O3S2. The minimum absolute atomic E-state index is 0.0873. The number of amides is 3. The van der Waals surface area contributed by atoms with E-state index >= 15 is 0 Å². The Hall–Kier alpha value is -3.80. The average Bonchev–Trinajstić information content (AvgIpc) is 3.34. The molecule has 39 heavy (non-hydrogen) atoms. The van der Waals surface area contributed by atoms with Crippen LogP contribution in [0.1, 0.15) is 27.9 Å². The van der Waals surface area contributed by atoms with Crippen LogP contribution in [-0.2, 0) is 9.59 Å². The Kier molecular flexibility index (Phi) is 9.64. The van der Waals surface area contributed by atoms with Gasteiger partial charge in [0.2, 0.25) is 11.0 Å². The van der Waals surface area contributed by atoms with Crippen molar-refractivity contribution in [2.75, 3.05) is 10.6 Å². The number of halogens is 1. The van der Waals surface area contributed by atoms with Gasteiger partial charge in [-0.25, -0.2) is 0 Å². The summed E-state index contributed by atoms with van der Waals surface area (Å²) in [5.74, 6) is -1.08. The molecule has 11 heteroatoms. The zero-order valence-electron chi connectivity index (χ0n) is 21.0. The monoisotopic (exact) mass is 621 g/mol. The van der Waals surface area contributed by atoms with E-state index in [1.165, 1.54) is 23.1 Å². The third-order valence-corrected chi connectivity index (χ3v) is 7.62. The van der Waals surface area contributed by atoms with E-state index in [9.17, 15) is 14.4 Å². The molecule has 0 fully saturated rings. The summed E-state index contributed by atoms with van der Waals surface area (Å²) in [7, 11) is 0. The van der Waals surface area contributed by atoms with Crippen LogP contribution in [-0.4, -0.2) is 33.2 Å². The Bertz CT molecular complexity index is 1510. The van der Waals surface area contributed by atoms with Gasteiger partial charge >= 0.3 is 0 Å². The van der Waals surface area contributed by atoms with E-state index in [-0.39, 0.29) is 11.6 Å². The first-order valence-electron chi connectivity index (χ1n) is 11.8. The Balaban J connectivity index is 1.48. The molecule has 4 rings (SSSR count). The van der Waals surface area contributed by atoms with Crippen LogP contribution in [0.15, 0.2) is 93.9 Å². The van der Waals surface area contributed by atoms with Crippen molar-refractivity contribution in [2.24, 2.45) is 0 Å². The van der Waals surface area contributed by atoms with Crippen molar-refractivity contribution >= 4 is 73.6 Å². The van der Waals surface area contributed by atoms with Gasteiger partial charge in [-0.2, -0.15) is 0 Å². The van der Waals surface area contributed by atoms with Crippen LogP contribution >= 0.6 is 39.0 Å². The second kappa shape index (κ2) is 13.3. The SMILES string of the molecule is Cc1nnc(NC(=O)C(C)Sc2cccc(NC(=O)/C(=C/c3ccc(Br)cc3)NC(=O)c3ccccc3)c2)s1. The normalized spacial score (nSPS) is 11.9. The van der Waals surface area contributed by atoms with Gasteiger partial charge in [0.15, 0.2) is 0 Å². The molecule has 3 N–H and O–H groups in total. The maximum Gasteiger partial charge on any atom is 0.272 e. The first-order valence-corrected chi connectivity index (χ1v) is 14.3. The highest BCUT2D eigenvalue weighted by Crippen LogP contribution is 2.27. The van der Waals surface area contributed by atoms with Crippen molar-refractivity contribution in [3.8, 4) is 0 Å². The number of aromatic nitrogens is 2. The standard InChI is InChI=1S/C28H24BrN5O3S2/c1-17(25(35)32-28-34-33-18(2)39-28)38-23-10-6-9-22(16-23)30-27(37)24(15-19-11-13-21(29)14-12-19)31-26(36)20-7-4-3-5-8-20/h3-17H,1-2H3,(H,30,37)(H,31,36)(H,32,34,35)/b24-15-. The van der Waals surface area contributed by atoms with Gasteiger partial charge in [0.1, 0.15) is 10.7 Å². The lowest BCUT2D eigenvalue weighted by atomic mass is 10.1. The summed E-state index contributed by atoms with van der Waals surface area (Å²) in [6, 6.07) is 23.2. The van der Waals surface area contributed by atoms with E-state index in [2.05, 4.69) is 42.1 Å². The Morgan fingerprint density at radius 1 is 0.949 bits per heavy atom.